The van der Waals surface area contributed by atoms with Gasteiger partial charge < -0.3 is 9.47 Å². The van der Waals surface area contributed by atoms with Crippen LogP contribution < -0.4 is 4.74 Å². The number of nitrogens with one attached hydrogen (secondary N) is 1. The SMILES string of the molecule is C=CCOc1ccccc1CC(Cc1cn[nH]c1)OC=O. The molecule has 0 saturated carbocycles. The molecule has 21 heavy (non-hydrogen) atoms. The van der Waals surface area contributed by atoms with Crippen LogP contribution in [0.5, 0.6) is 5.75 Å². The van der Waals surface area contributed by atoms with E-state index in [4.69, 9.17) is 9.47 Å². The number of aromatic amines is 1. The zero-order valence-corrected chi connectivity index (χ0v) is 11.7. The Morgan fingerprint density at radius 2 is 2.19 bits per heavy atom. The predicted octanol–water partition coefficient (Wildman–Crippen LogP) is 2.30. The first-order chi connectivity index (χ1) is 10.3. The quantitative estimate of drug-likeness (QED) is 0.567. The first-order valence-corrected chi connectivity index (χ1v) is 6.72. The van der Waals surface area contributed by atoms with E-state index in [1.165, 1.54) is 0 Å². The van der Waals surface area contributed by atoms with Crippen LogP contribution in [0.1, 0.15) is 11.1 Å². The number of aromatic nitrogens is 2. The molecule has 1 aromatic heterocycles. The molecule has 0 radical (unpaired) electrons. The van der Waals surface area contributed by atoms with Crippen LogP contribution in [-0.4, -0.2) is 29.4 Å². The Kier molecular flexibility index (Phi) is 5.58. The minimum absolute atomic E-state index is 0.256. The van der Waals surface area contributed by atoms with E-state index in [1.54, 1.807) is 18.5 Å². The van der Waals surface area contributed by atoms with Gasteiger partial charge in [-0.25, -0.2) is 0 Å². The highest BCUT2D eigenvalue weighted by Gasteiger charge is 2.15. The number of hydrogen-bond donors (Lipinski definition) is 1. The highest BCUT2D eigenvalue weighted by molar-refractivity contribution is 5.39. The van der Waals surface area contributed by atoms with Gasteiger partial charge in [0.2, 0.25) is 0 Å². The third kappa shape index (κ3) is 4.49. The van der Waals surface area contributed by atoms with Crippen molar-refractivity contribution >= 4 is 6.47 Å². The van der Waals surface area contributed by atoms with Gasteiger partial charge in [-0.3, -0.25) is 9.89 Å². The highest BCUT2D eigenvalue weighted by Crippen LogP contribution is 2.21. The standard InChI is InChI=1S/C16H18N2O3/c1-2-7-20-16-6-4-3-5-14(16)9-15(21-12-19)8-13-10-17-18-11-13/h2-6,10-12,15H,1,7-9H2,(H,17,18). The second kappa shape index (κ2) is 7.89. The molecule has 0 aliphatic carbocycles. The van der Waals surface area contributed by atoms with Crippen LogP contribution in [0.2, 0.25) is 0 Å². The van der Waals surface area contributed by atoms with Crippen LogP contribution in [0.3, 0.4) is 0 Å². The Morgan fingerprint density at radius 1 is 1.33 bits per heavy atom. The normalized spacial score (nSPS) is 11.6. The molecule has 2 rings (SSSR count). The number of carbonyl (C=O) groups excluding carboxylic acids is 1. The molecule has 1 N–H and O–H groups in total. The number of rotatable bonds is 9. The number of para-hydroxylation sites is 1. The predicted molar refractivity (Wildman–Crippen MR) is 79.1 cm³/mol. The molecule has 0 aliphatic rings. The smallest absolute Gasteiger partial charge is 0.293 e. The molecule has 0 spiro atoms. The van der Waals surface area contributed by atoms with Gasteiger partial charge in [0.1, 0.15) is 18.5 Å². The van der Waals surface area contributed by atoms with E-state index in [0.29, 0.717) is 25.9 Å². The van der Waals surface area contributed by atoms with E-state index >= 15 is 0 Å². The van der Waals surface area contributed by atoms with Gasteiger partial charge in [-0.15, -0.1) is 0 Å². The number of nitrogens with zero attached hydrogens (tertiary/aromatic N) is 1. The maximum absolute atomic E-state index is 10.7. The maximum Gasteiger partial charge on any atom is 0.293 e. The van der Waals surface area contributed by atoms with Crippen molar-refractivity contribution in [3.63, 3.8) is 0 Å². The monoisotopic (exact) mass is 286 g/mol. The average molecular weight is 286 g/mol. The van der Waals surface area contributed by atoms with Crippen molar-refractivity contribution in [1.29, 1.82) is 0 Å². The molecule has 5 nitrogen and oxygen atoms in total. The van der Waals surface area contributed by atoms with Gasteiger partial charge in [0.15, 0.2) is 0 Å². The molecule has 0 bridgehead atoms. The second-order valence-corrected chi connectivity index (χ2v) is 4.58. The van der Waals surface area contributed by atoms with Crippen molar-refractivity contribution in [2.75, 3.05) is 6.61 Å². The summed E-state index contributed by atoms with van der Waals surface area (Å²) in [4.78, 5) is 10.7. The summed E-state index contributed by atoms with van der Waals surface area (Å²) in [5.41, 5.74) is 1.99. The van der Waals surface area contributed by atoms with Crippen molar-refractivity contribution < 1.29 is 14.3 Å². The molecular formula is C16H18N2O3. The van der Waals surface area contributed by atoms with Crippen molar-refractivity contribution in [2.24, 2.45) is 0 Å². The van der Waals surface area contributed by atoms with Crippen molar-refractivity contribution in [2.45, 2.75) is 18.9 Å². The molecule has 1 heterocycles. The summed E-state index contributed by atoms with van der Waals surface area (Å²) in [7, 11) is 0. The third-order valence-corrected chi connectivity index (χ3v) is 3.04. The summed E-state index contributed by atoms with van der Waals surface area (Å²) >= 11 is 0. The fourth-order valence-electron chi connectivity index (χ4n) is 2.11. The molecule has 0 aliphatic heterocycles. The number of H-pyrrole nitrogens is 1. The molecule has 5 heteroatoms. The molecule has 0 amide bonds. The Bertz CT molecular complexity index is 567. The Morgan fingerprint density at radius 3 is 2.90 bits per heavy atom. The van der Waals surface area contributed by atoms with Gasteiger partial charge in [-0.2, -0.15) is 5.10 Å². The largest absolute Gasteiger partial charge is 0.489 e. The molecule has 0 fully saturated rings. The first-order valence-electron chi connectivity index (χ1n) is 6.72. The topological polar surface area (TPSA) is 64.2 Å². The third-order valence-electron chi connectivity index (χ3n) is 3.04. The summed E-state index contributed by atoms with van der Waals surface area (Å²) in [6.07, 6.45) is 6.14. The van der Waals surface area contributed by atoms with E-state index in [1.807, 2.05) is 24.3 Å². The van der Waals surface area contributed by atoms with E-state index < -0.39 is 0 Å². The molecule has 0 saturated heterocycles. The Balaban J connectivity index is 2.08. The number of ether oxygens (including phenoxy) is 2. The van der Waals surface area contributed by atoms with Crippen molar-refractivity contribution in [3.05, 3.63) is 60.4 Å². The summed E-state index contributed by atoms with van der Waals surface area (Å²) in [6.45, 7) is 4.57. The number of benzene rings is 1. The van der Waals surface area contributed by atoms with E-state index in [0.717, 1.165) is 16.9 Å². The van der Waals surface area contributed by atoms with E-state index in [9.17, 15) is 4.79 Å². The van der Waals surface area contributed by atoms with Gasteiger partial charge in [0.25, 0.3) is 6.47 Å². The Labute approximate surface area is 123 Å². The molecule has 1 atom stereocenters. The van der Waals surface area contributed by atoms with Gasteiger partial charge in [-0.1, -0.05) is 30.9 Å². The summed E-state index contributed by atoms with van der Waals surface area (Å²) < 4.78 is 10.8. The summed E-state index contributed by atoms with van der Waals surface area (Å²) in [5.74, 6) is 0.782. The first kappa shape index (κ1) is 14.8. The maximum atomic E-state index is 10.7. The van der Waals surface area contributed by atoms with Crippen LogP contribution in [0, 0.1) is 0 Å². The fourth-order valence-corrected chi connectivity index (χ4v) is 2.11. The van der Waals surface area contributed by atoms with Gasteiger partial charge >= 0.3 is 0 Å². The lowest BCUT2D eigenvalue weighted by atomic mass is 10.0. The number of carbonyl (C=O) groups is 1. The van der Waals surface area contributed by atoms with Gasteiger partial charge in [0.05, 0.1) is 6.20 Å². The molecule has 2 aromatic rings. The summed E-state index contributed by atoms with van der Waals surface area (Å²) in [5, 5.41) is 6.65. The van der Waals surface area contributed by atoms with Gasteiger partial charge in [-0.05, 0) is 17.2 Å². The zero-order chi connectivity index (χ0) is 14.9. The van der Waals surface area contributed by atoms with Crippen molar-refractivity contribution in [3.8, 4) is 5.75 Å². The van der Waals surface area contributed by atoms with E-state index in [2.05, 4.69) is 16.8 Å². The van der Waals surface area contributed by atoms with Gasteiger partial charge in [0, 0.05) is 19.0 Å². The fraction of sp³-hybridized carbons (Fsp3) is 0.250. The average Bonchev–Trinajstić information content (AvgIpc) is 2.99. The van der Waals surface area contributed by atoms with Crippen LogP contribution in [0.25, 0.3) is 0 Å². The van der Waals surface area contributed by atoms with Crippen LogP contribution in [-0.2, 0) is 22.4 Å². The minimum atomic E-state index is -0.256. The molecule has 110 valence electrons. The van der Waals surface area contributed by atoms with Crippen LogP contribution >= 0.6 is 0 Å². The molecule has 1 unspecified atom stereocenters. The van der Waals surface area contributed by atoms with E-state index in [-0.39, 0.29) is 6.10 Å². The second-order valence-electron chi connectivity index (χ2n) is 4.58. The van der Waals surface area contributed by atoms with Crippen LogP contribution in [0.4, 0.5) is 0 Å². The highest BCUT2D eigenvalue weighted by atomic mass is 16.5. The lowest BCUT2D eigenvalue weighted by Gasteiger charge is -2.16. The minimum Gasteiger partial charge on any atom is -0.489 e. The zero-order valence-electron chi connectivity index (χ0n) is 11.7. The lowest BCUT2D eigenvalue weighted by Crippen LogP contribution is -2.19. The number of hydrogen-bond acceptors (Lipinski definition) is 4. The molecule has 1 aromatic carbocycles. The summed E-state index contributed by atoms with van der Waals surface area (Å²) in [6, 6.07) is 7.71. The van der Waals surface area contributed by atoms with Crippen LogP contribution in [0.15, 0.2) is 49.3 Å². The van der Waals surface area contributed by atoms with Crippen molar-refractivity contribution in [1.82, 2.24) is 10.2 Å². The Hall–Kier alpha value is -2.56. The molecular weight excluding hydrogens is 268 g/mol. The lowest BCUT2D eigenvalue weighted by molar-refractivity contribution is -0.133.